The molecule has 1 N–H and O–H groups in total. The van der Waals surface area contributed by atoms with Crippen molar-refractivity contribution >= 4 is 23.1 Å². The second-order valence-electron chi connectivity index (χ2n) is 3.76. The lowest BCUT2D eigenvalue weighted by Crippen LogP contribution is -3.09. The minimum atomic E-state index is -0.570. The molecule has 0 aliphatic carbocycles. The van der Waals surface area contributed by atoms with Crippen LogP contribution in [0.2, 0.25) is 0 Å². The average Bonchev–Trinajstić information content (AvgIpc) is 2.35. The zero-order valence-corrected chi connectivity index (χ0v) is 10.1. The number of isothiocyanates is 1. The Morgan fingerprint density at radius 3 is 3.11 bits per heavy atom. The number of aliphatic imine (C=N–C) groups is 1. The molecule has 0 saturated carbocycles. The summed E-state index contributed by atoms with van der Waals surface area (Å²) >= 11 is 4.44. The van der Waals surface area contributed by atoms with Crippen molar-refractivity contribution in [3.63, 3.8) is 0 Å². The van der Waals surface area contributed by atoms with Crippen molar-refractivity contribution in [3.05, 3.63) is 28.7 Å². The van der Waals surface area contributed by atoms with Gasteiger partial charge in [-0.25, -0.2) is 4.39 Å². The third kappa shape index (κ3) is 2.26. The molecule has 0 bridgehead atoms. The molecule has 2 atom stereocenters. The zero-order chi connectivity index (χ0) is 13.1. The fourth-order valence-corrected chi connectivity index (χ4v) is 1.95. The number of rotatable bonds is 2. The zero-order valence-electron chi connectivity index (χ0n) is 9.27. The number of terminal acetylenes is 1. The summed E-state index contributed by atoms with van der Waals surface area (Å²) in [5.74, 6) is 2.20. The van der Waals surface area contributed by atoms with Crippen molar-refractivity contribution in [1.29, 1.82) is 0 Å². The van der Waals surface area contributed by atoms with E-state index in [0.717, 1.165) is 0 Å². The number of nitrogens with one attached hydrogen (secondary N) is 1. The van der Waals surface area contributed by atoms with Crippen LogP contribution in [0.25, 0.3) is 0 Å². The number of hydrogen-bond acceptors (Lipinski definition) is 4. The van der Waals surface area contributed by atoms with Crippen molar-refractivity contribution in [2.75, 3.05) is 6.73 Å². The average molecular weight is 264 g/mol. The van der Waals surface area contributed by atoms with Gasteiger partial charge in [-0.2, -0.15) is 4.99 Å². The van der Waals surface area contributed by atoms with Crippen molar-refractivity contribution < 1.29 is 14.2 Å². The summed E-state index contributed by atoms with van der Waals surface area (Å²) in [5, 5.41) is 13.7. The molecule has 0 amide bonds. The highest BCUT2D eigenvalue weighted by atomic mass is 32.1. The largest absolute Gasteiger partial charge is 0.631 e. The van der Waals surface area contributed by atoms with E-state index in [0.29, 0.717) is 11.3 Å². The molecule has 1 aliphatic heterocycles. The lowest BCUT2D eigenvalue weighted by Gasteiger charge is -2.35. The second kappa shape index (κ2) is 5.25. The van der Waals surface area contributed by atoms with Crippen molar-refractivity contribution in [1.82, 2.24) is 0 Å². The molecule has 1 heterocycles. The highest BCUT2D eigenvalue weighted by molar-refractivity contribution is 7.78. The minimum Gasteiger partial charge on any atom is -0.631 e. The number of fused-ring (bicyclic) bond motifs is 1. The van der Waals surface area contributed by atoms with Gasteiger partial charge in [-0.15, -0.1) is 12.3 Å². The van der Waals surface area contributed by atoms with E-state index < -0.39 is 11.9 Å². The number of halogens is 1. The van der Waals surface area contributed by atoms with Crippen LogP contribution in [0, 0.1) is 23.4 Å². The smallest absolute Gasteiger partial charge is 0.222 e. The predicted octanol–water partition coefficient (Wildman–Crippen LogP) is 1.36. The SMILES string of the molecule is C#CCC1c2cc(N=C=S)c(F)cc2OC[NH+]1[O-]. The molecule has 2 rings (SSSR count). The molecule has 18 heavy (non-hydrogen) atoms. The fraction of sp³-hybridized carbons (Fsp3) is 0.250. The Bertz CT molecular complexity index is 564. The Hall–Kier alpha value is -1.77. The first-order valence-corrected chi connectivity index (χ1v) is 5.58. The highest BCUT2D eigenvalue weighted by Crippen LogP contribution is 2.33. The molecule has 92 valence electrons. The fourth-order valence-electron chi connectivity index (χ4n) is 1.86. The molecule has 0 aromatic heterocycles. The summed E-state index contributed by atoms with van der Waals surface area (Å²) in [6.45, 7) is -0.0887. The molecule has 0 radical (unpaired) electrons. The van der Waals surface area contributed by atoms with Gasteiger partial charge in [0.15, 0.2) is 5.82 Å². The Kier molecular flexibility index (Phi) is 3.70. The van der Waals surface area contributed by atoms with Crippen molar-refractivity contribution in [3.8, 4) is 18.1 Å². The Morgan fingerprint density at radius 1 is 1.67 bits per heavy atom. The van der Waals surface area contributed by atoms with E-state index in [9.17, 15) is 9.60 Å². The molecule has 1 aromatic carbocycles. The van der Waals surface area contributed by atoms with Crippen LogP contribution in [0.1, 0.15) is 18.0 Å². The van der Waals surface area contributed by atoms with Gasteiger partial charge in [0.2, 0.25) is 6.73 Å². The van der Waals surface area contributed by atoms with Crippen molar-refractivity contribution in [2.45, 2.75) is 12.5 Å². The highest BCUT2D eigenvalue weighted by Gasteiger charge is 2.28. The number of quaternary nitrogens is 1. The molecular weight excluding hydrogens is 255 g/mol. The van der Waals surface area contributed by atoms with Crippen LogP contribution >= 0.6 is 12.2 Å². The number of nitrogens with zero attached hydrogens (tertiary/aromatic N) is 1. The van der Waals surface area contributed by atoms with E-state index in [-0.39, 0.29) is 23.9 Å². The first-order chi connectivity index (χ1) is 8.67. The number of thiocarbonyl (C=S) groups is 1. The third-order valence-electron chi connectivity index (χ3n) is 2.70. The molecular formula is C12H9FN2O2S. The maximum atomic E-state index is 13.6. The van der Waals surface area contributed by atoms with Gasteiger partial charge in [0.1, 0.15) is 17.5 Å². The van der Waals surface area contributed by atoms with Gasteiger partial charge in [-0.05, 0) is 18.3 Å². The number of benzene rings is 1. The Labute approximate surface area is 109 Å². The van der Waals surface area contributed by atoms with E-state index in [1.165, 1.54) is 12.1 Å². The molecule has 0 fully saturated rings. The van der Waals surface area contributed by atoms with Gasteiger partial charge < -0.3 is 15.0 Å². The van der Waals surface area contributed by atoms with E-state index in [1.807, 2.05) is 0 Å². The minimum absolute atomic E-state index is 0.0315. The molecule has 0 spiro atoms. The topological polar surface area (TPSA) is 49.1 Å². The monoisotopic (exact) mass is 264 g/mol. The van der Waals surface area contributed by atoms with Gasteiger partial charge in [0.25, 0.3) is 0 Å². The molecule has 4 nitrogen and oxygen atoms in total. The first kappa shape index (κ1) is 12.7. The van der Waals surface area contributed by atoms with Gasteiger partial charge in [0, 0.05) is 6.07 Å². The third-order valence-corrected chi connectivity index (χ3v) is 2.79. The molecule has 1 aromatic rings. The first-order valence-electron chi connectivity index (χ1n) is 5.17. The van der Waals surface area contributed by atoms with Gasteiger partial charge in [-0.3, -0.25) is 0 Å². The molecule has 1 aliphatic rings. The number of hydroxylamine groups is 2. The lowest BCUT2D eigenvalue weighted by molar-refractivity contribution is -0.901. The Morgan fingerprint density at radius 2 is 2.44 bits per heavy atom. The Balaban J connectivity index is 2.53. The lowest BCUT2D eigenvalue weighted by atomic mass is 10.0. The quantitative estimate of drug-likeness (QED) is 0.380. The van der Waals surface area contributed by atoms with Crippen molar-refractivity contribution in [2.24, 2.45) is 4.99 Å². The summed E-state index contributed by atoms with van der Waals surface area (Å²) < 4.78 is 18.8. The molecule has 2 unspecified atom stereocenters. The van der Waals surface area contributed by atoms with E-state index in [1.54, 1.807) is 0 Å². The summed E-state index contributed by atoms with van der Waals surface area (Å²) in [5.41, 5.74) is 0.582. The molecule has 0 saturated heterocycles. The van der Waals surface area contributed by atoms with Gasteiger partial charge in [0.05, 0.1) is 17.1 Å². The van der Waals surface area contributed by atoms with Crippen LogP contribution in [-0.2, 0) is 0 Å². The maximum Gasteiger partial charge on any atom is 0.222 e. The van der Waals surface area contributed by atoms with E-state index >= 15 is 0 Å². The number of ether oxygens (including phenoxy) is 1. The van der Waals surface area contributed by atoms with Crippen LogP contribution in [0.4, 0.5) is 10.1 Å². The standard InChI is InChI=1S/C12H9FN2O2S/c1-2-3-11-8-4-10(14-6-18)9(13)5-12(8)17-7-15(11)16/h1,4-5,11,15H,3,7H2. The van der Waals surface area contributed by atoms with E-state index in [4.69, 9.17) is 11.2 Å². The summed E-state index contributed by atoms with van der Waals surface area (Å²) in [6, 6.07) is 2.15. The summed E-state index contributed by atoms with van der Waals surface area (Å²) in [4.78, 5) is 3.61. The normalized spacial score (nSPS) is 21.2. The van der Waals surface area contributed by atoms with Crippen LogP contribution in [0.5, 0.6) is 5.75 Å². The van der Waals surface area contributed by atoms with Crippen LogP contribution in [-0.4, -0.2) is 11.9 Å². The second-order valence-corrected chi connectivity index (χ2v) is 3.94. The van der Waals surface area contributed by atoms with Crippen LogP contribution < -0.4 is 9.80 Å². The summed E-state index contributed by atoms with van der Waals surface area (Å²) in [7, 11) is 0. The van der Waals surface area contributed by atoms with Gasteiger partial charge >= 0.3 is 0 Å². The summed E-state index contributed by atoms with van der Waals surface area (Å²) in [6.07, 6.45) is 5.49. The van der Waals surface area contributed by atoms with Gasteiger partial charge in [-0.1, -0.05) is 0 Å². The van der Waals surface area contributed by atoms with Crippen LogP contribution in [0.3, 0.4) is 0 Å². The predicted molar refractivity (Wildman–Crippen MR) is 67.1 cm³/mol. The maximum absolute atomic E-state index is 13.6. The van der Waals surface area contributed by atoms with E-state index in [2.05, 4.69) is 28.3 Å². The molecule has 6 heteroatoms. The van der Waals surface area contributed by atoms with Crippen LogP contribution in [0.15, 0.2) is 17.1 Å². The number of hydrogen-bond donors (Lipinski definition) is 1.